The first-order valence-electron chi connectivity index (χ1n) is 5.92. The Morgan fingerprint density at radius 2 is 2.00 bits per heavy atom. The summed E-state index contributed by atoms with van der Waals surface area (Å²) in [6.07, 6.45) is 0.625. The molecule has 0 aliphatic rings. The zero-order valence-electron chi connectivity index (χ0n) is 10.7. The van der Waals surface area contributed by atoms with Crippen LogP contribution in [0.2, 0.25) is 0 Å². The molecule has 1 rings (SSSR count). The molecule has 0 saturated heterocycles. The number of amides is 2. The van der Waals surface area contributed by atoms with E-state index in [0.717, 1.165) is 12.1 Å². The molecular formula is C13H16F2N2O2. The second kappa shape index (κ2) is 6.26. The Morgan fingerprint density at radius 3 is 2.47 bits per heavy atom. The zero-order valence-corrected chi connectivity index (χ0v) is 10.7. The highest BCUT2D eigenvalue weighted by Gasteiger charge is 2.25. The lowest BCUT2D eigenvalue weighted by atomic mass is 9.98. The van der Waals surface area contributed by atoms with Crippen molar-refractivity contribution in [2.24, 2.45) is 11.7 Å². The van der Waals surface area contributed by atoms with Crippen LogP contribution in [-0.4, -0.2) is 17.9 Å². The number of hydrogen-bond acceptors (Lipinski definition) is 2. The Bertz CT molecular complexity index is 492. The summed E-state index contributed by atoms with van der Waals surface area (Å²) >= 11 is 0. The molecule has 1 aromatic rings. The summed E-state index contributed by atoms with van der Waals surface area (Å²) in [5.74, 6) is -3.41. The smallest absolute Gasteiger partial charge is 0.254 e. The Hall–Kier alpha value is -1.98. The average molecular weight is 270 g/mol. The minimum Gasteiger partial charge on any atom is -0.368 e. The molecular weight excluding hydrogens is 254 g/mol. The summed E-state index contributed by atoms with van der Waals surface area (Å²) in [5.41, 5.74) is 4.87. The van der Waals surface area contributed by atoms with Crippen molar-refractivity contribution < 1.29 is 18.4 Å². The summed E-state index contributed by atoms with van der Waals surface area (Å²) < 4.78 is 26.2. The van der Waals surface area contributed by atoms with Crippen molar-refractivity contribution in [3.05, 3.63) is 35.4 Å². The van der Waals surface area contributed by atoms with Gasteiger partial charge < -0.3 is 11.1 Å². The Kier molecular flexibility index (Phi) is 4.97. The molecule has 3 N–H and O–H groups in total. The molecule has 0 spiro atoms. The van der Waals surface area contributed by atoms with E-state index in [9.17, 15) is 18.4 Å². The van der Waals surface area contributed by atoms with Crippen molar-refractivity contribution in [3.63, 3.8) is 0 Å². The number of benzene rings is 1. The fourth-order valence-electron chi connectivity index (χ4n) is 1.62. The van der Waals surface area contributed by atoms with Crippen LogP contribution in [0.3, 0.4) is 0 Å². The topological polar surface area (TPSA) is 72.2 Å². The molecule has 0 bridgehead atoms. The quantitative estimate of drug-likeness (QED) is 0.853. The van der Waals surface area contributed by atoms with Crippen molar-refractivity contribution >= 4 is 11.8 Å². The number of hydrogen-bond donors (Lipinski definition) is 2. The second-order valence-electron chi connectivity index (χ2n) is 4.36. The average Bonchev–Trinajstić information content (AvgIpc) is 2.34. The monoisotopic (exact) mass is 270 g/mol. The van der Waals surface area contributed by atoms with Crippen LogP contribution in [0, 0.1) is 17.6 Å². The highest BCUT2D eigenvalue weighted by molar-refractivity contribution is 5.97. The lowest BCUT2D eigenvalue weighted by Crippen LogP contribution is -2.48. The van der Waals surface area contributed by atoms with Crippen molar-refractivity contribution in [3.8, 4) is 0 Å². The fraction of sp³-hybridized carbons (Fsp3) is 0.385. The largest absolute Gasteiger partial charge is 0.368 e. The third kappa shape index (κ3) is 3.74. The van der Waals surface area contributed by atoms with Crippen LogP contribution >= 0.6 is 0 Å². The Balaban J connectivity index is 2.91. The van der Waals surface area contributed by atoms with E-state index in [4.69, 9.17) is 5.73 Å². The van der Waals surface area contributed by atoms with Crippen molar-refractivity contribution in [2.45, 2.75) is 26.3 Å². The number of carbonyl (C=O) groups excluding carboxylic acids is 2. The van der Waals surface area contributed by atoms with Crippen LogP contribution in [0.1, 0.15) is 30.6 Å². The van der Waals surface area contributed by atoms with Gasteiger partial charge in [-0.25, -0.2) is 8.78 Å². The van der Waals surface area contributed by atoms with E-state index < -0.39 is 29.5 Å². The zero-order chi connectivity index (χ0) is 14.6. The summed E-state index contributed by atoms with van der Waals surface area (Å²) in [7, 11) is 0. The molecule has 0 aliphatic carbocycles. The van der Waals surface area contributed by atoms with E-state index in [1.807, 2.05) is 6.92 Å². The Morgan fingerprint density at radius 1 is 1.37 bits per heavy atom. The molecule has 0 aromatic heterocycles. The predicted octanol–water partition coefficient (Wildman–Crippen LogP) is 1.59. The minimum absolute atomic E-state index is 0.176. The van der Waals surface area contributed by atoms with Gasteiger partial charge in [-0.15, -0.1) is 0 Å². The number of primary amides is 1. The maximum absolute atomic E-state index is 13.4. The molecule has 0 aliphatic heterocycles. The van der Waals surface area contributed by atoms with Gasteiger partial charge in [-0.05, 0) is 18.1 Å². The number of nitrogens with one attached hydrogen (secondary N) is 1. The van der Waals surface area contributed by atoms with Crippen LogP contribution in [0.15, 0.2) is 18.2 Å². The SMILES string of the molecule is CC[C@H](C)[C@H](NC(=O)c1ccc(F)cc1F)C(N)=O. The van der Waals surface area contributed by atoms with Crippen molar-refractivity contribution in [2.75, 3.05) is 0 Å². The van der Waals surface area contributed by atoms with Gasteiger partial charge in [0.05, 0.1) is 5.56 Å². The third-order valence-electron chi connectivity index (χ3n) is 2.98. The molecule has 6 heteroatoms. The first-order chi connectivity index (χ1) is 8.86. The van der Waals surface area contributed by atoms with Gasteiger partial charge in [0.25, 0.3) is 5.91 Å². The molecule has 0 saturated carbocycles. The minimum atomic E-state index is -0.982. The van der Waals surface area contributed by atoms with E-state index in [0.29, 0.717) is 12.5 Å². The van der Waals surface area contributed by atoms with E-state index in [1.165, 1.54) is 0 Å². The normalized spacial score (nSPS) is 13.7. The van der Waals surface area contributed by atoms with E-state index >= 15 is 0 Å². The highest BCUT2D eigenvalue weighted by Crippen LogP contribution is 2.12. The number of rotatable bonds is 5. The maximum Gasteiger partial charge on any atom is 0.254 e. The lowest BCUT2D eigenvalue weighted by molar-refractivity contribution is -0.120. The van der Waals surface area contributed by atoms with Gasteiger partial charge in [0.2, 0.25) is 5.91 Å². The Labute approximate surface area is 110 Å². The van der Waals surface area contributed by atoms with Crippen LogP contribution in [-0.2, 0) is 4.79 Å². The van der Waals surface area contributed by atoms with Crippen LogP contribution in [0.4, 0.5) is 8.78 Å². The lowest BCUT2D eigenvalue weighted by Gasteiger charge is -2.21. The second-order valence-corrected chi connectivity index (χ2v) is 4.36. The van der Waals surface area contributed by atoms with E-state index in [1.54, 1.807) is 6.92 Å². The fourth-order valence-corrected chi connectivity index (χ4v) is 1.62. The van der Waals surface area contributed by atoms with Gasteiger partial charge in [0.1, 0.15) is 17.7 Å². The molecule has 1 aromatic carbocycles. The standard InChI is InChI=1S/C13H16F2N2O2/c1-3-7(2)11(12(16)18)17-13(19)9-5-4-8(14)6-10(9)15/h4-7,11H,3H2,1-2H3,(H2,16,18)(H,17,19)/t7-,11-/m0/s1. The molecule has 19 heavy (non-hydrogen) atoms. The number of nitrogens with two attached hydrogens (primary N) is 1. The summed E-state index contributed by atoms with van der Waals surface area (Å²) in [6, 6.07) is 1.72. The molecule has 104 valence electrons. The van der Waals surface area contributed by atoms with Gasteiger partial charge in [0, 0.05) is 6.07 Å². The molecule has 0 fully saturated rings. The summed E-state index contributed by atoms with van der Waals surface area (Å²) in [6.45, 7) is 3.59. The van der Waals surface area contributed by atoms with Crippen molar-refractivity contribution in [1.29, 1.82) is 0 Å². The maximum atomic E-state index is 13.4. The van der Waals surface area contributed by atoms with Gasteiger partial charge in [0.15, 0.2) is 0 Å². The van der Waals surface area contributed by atoms with E-state index in [2.05, 4.69) is 5.32 Å². The number of carbonyl (C=O) groups is 2. The molecule has 2 amide bonds. The van der Waals surface area contributed by atoms with Crippen LogP contribution in [0.5, 0.6) is 0 Å². The first kappa shape index (κ1) is 15.1. The summed E-state index contributed by atoms with van der Waals surface area (Å²) in [5, 5.41) is 2.37. The molecule has 2 atom stereocenters. The predicted molar refractivity (Wildman–Crippen MR) is 66.3 cm³/mol. The molecule has 0 unspecified atom stereocenters. The summed E-state index contributed by atoms with van der Waals surface area (Å²) in [4.78, 5) is 23.1. The van der Waals surface area contributed by atoms with Gasteiger partial charge >= 0.3 is 0 Å². The van der Waals surface area contributed by atoms with Crippen LogP contribution < -0.4 is 11.1 Å². The molecule has 0 radical (unpaired) electrons. The van der Waals surface area contributed by atoms with E-state index in [-0.39, 0.29) is 11.5 Å². The van der Waals surface area contributed by atoms with Gasteiger partial charge in [-0.3, -0.25) is 9.59 Å². The molecule has 4 nitrogen and oxygen atoms in total. The van der Waals surface area contributed by atoms with Gasteiger partial charge in [-0.2, -0.15) is 0 Å². The number of halogens is 2. The third-order valence-corrected chi connectivity index (χ3v) is 2.98. The van der Waals surface area contributed by atoms with Crippen LogP contribution in [0.25, 0.3) is 0 Å². The first-order valence-corrected chi connectivity index (χ1v) is 5.92. The molecule has 0 heterocycles. The van der Waals surface area contributed by atoms with Crippen molar-refractivity contribution in [1.82, 2.24) is 5.32 Å². The highest BCUT2D eigenvalue weighted by atomic mass is 19.1. The van der Waals surface area contributed by atoms with Gasteiger partial charge in [-0.1, -0.05) is 20.3 Å².